The van der Waals surface area contributed by atoms with Gasteiger partial charge in [-0.15, -0.1) is 0 Å². The van der Waals surface area contributed by atoms with E-state index in [1.807, 2.05) is 13.8 Å². The van der Waals surface area contributed by atoms with Crippen molar-refractivity contribution >= 4 is 10.2 Å². The molecule has 0 fully saturated rings. The largest absolute Gasteiger partial charge is 0.396 e. The predicted molar refractivity (Wildman–Crippen MR) is 60.7 cm³/mol. The van der Waals surface area contributed by atoms with Crippen LogP contribution in [-0.4, -0.2) is 33.2 Å². The van der Waals surface area contributed by atoms with Crippen molar-refractivity contribution in [2.45, 2.75) is 33.1 Å². The molecule has 5 nitrogen and oxygen atoms in total. The highest BCUT2D eigenvalue weighted by Crippen LogP contribution is 2.05. The van der Waals surface area contributed by atoms with Gasteiger partial charge in [-0.25, -0.2) is 9.44 Å². The molecule has 1 atom stereocenters. The standard InChI is InChI=1S/C9H22N2O3S/c1-3-6-10-15(13,14)11-8-9(4-2)5-7-12/h9-12H,3-8H2,1-2H3. The van der Waals surface area contributed by atoms with Crippen LogP contribution in [-0.2, 0) is 10.2 Å². The lowest BCUT2D eigenvalue weighted by Crippen LogP contribution is -2.39. The summed E-state index contributed by atoms with van der Waals surface area (Å²) >= 11 is 0. The lowest BCUT2D eigenvalue weighted by atomic mass is 10.0. The lowest BCUT2D eigenvalue weighted by molar-refractivity contribution is 0.254. The van der Waals surface area contributed by atoms with Crippen LogP contribution in [0.3, 0.4) is 0 Å². The van der Waals surface area contributed by atoms with Crippen LogP contribution in [0.1, 0.15) is 33.1 Å². The van der Waals surface area contributed by atoms with Crippen LogP contribution < -0.4 is 9.44 Å². The molecule has 6 heteroatoms. The van der Waals surface area contributed by atoms with Crippen LogP contribution in [0.25, 0.3) is 0 Å². The summed E-state index contributed by atoms with van der Waals surface area (Å²) < 4.78 is 27.6. The number of aliphatic hydroxyl groups excluding tert-OH is 1. The highest BCUT2D eigenvalue weighted by atomic mass is 32.2. The predicted octanol–water partition coefficient (Wildman–Crippen LogP) is 0.229. The zero-order valence-corrected chi connectivity index (χ0v) is 10.3. The van der Waals surface area contributed by atoms with E-state index in [1.54, 1.807) is 0 Å². The van der Waals surface area contributed by atoms with Crippen molar-refractivity contribution in [1.82, 2.24) is 9.44 Å². The molecule has 0 aliphatic rings. The zero-order chi connectivity index (χ0) is 11.7. The Hall–Kier alpha value is -0.170. The third-order valence-electron chi connectivity index (χ3n) is 2.22. The van der Waals surface area contributed by atoms with Crippen LogP contribution >= 0.6 is 0 Å². The maximum absolute atomic E-state index is 11.3. The molecular formula is C9H22N2O3S. The maximum atomic E-state index is 11.3. The van der Waals surface area contributed by atoms with E-state index in [2.05, 4.69) is 9.44 Å². The van der Waals surface area contributed by atoms with Crippen LogP contribution in [0.4, 0.5) is 0 Å². The topological polar surface area (TPSA) is 78.4 Å². The molecule has 0 spiro atoms. The van der Waals surface area contributed by atoms with Crippen molar-refractivity contribution in [3.8, 4) is 0 Å². The summed E-state index contributed by atoms with van der Waals surface area (Å²) in [6, 6.07) is 0. The summed E-state index contributed by atoms with van der Waals surface area (Å²) in [5, 5.41) is 8.75. The van der Waals surface area contributed by atoms with Crippen LogP contribution in [0.5, 0.6) is 0 Å². The van der Waals surface area contributed by atoms with E-state index in [4.69, 9.17) is 5.11 Å². The molecule has 0 saturated carbocycles. The van der Waals surface area contributed by atoms with Crippen molar-refractivity contribution in [2.24, 2.45) is 5.92 Å². The van der Waals surface area contributed by atoms with Gasteiger partial charge in [0.25, 0.3) is 10.2 Å². The maximum Gasteiger partial charge on any atom is 0.276 e. The minimum absolute atomic E-state index is 0.0998. The van der Waals surface area contributed by atoms with Gasteiger partial charge in [0.05, 0.1) is 0 Å². The van der Waals surface area contributed by atoms with Gasteiger partial charge in [-0.3, -0.25) is 0 Å². The van der Waals surface area contributed by atoms with Crippen LogP contribution in [0.15, 0.2) is 0 Å². The summed E-state index contributed by atoms with van der Waals surface area (Å²) in [6.07, 6.45) is 2.26. The van der Waals surface area contributed by atoms with Crippen molar-refractivity contribution in [3.63, 3.8) is 0 Å². The summed E-state index contributed by atoms with van der Waals surface area (Å²) in [5.41, 5.74) is 0. The van der Waals surface area contributed by atoms with Gasteiger partial charge in [-0.05, 0) is 18.8 Å². The molecule has 15 heavy (non-hydrogen) atoms. The molecule has 0 heterocycles. The first kappa shape index (κ1) is 14.8. The van der Waals surface area contributed by atoms with Crippen LogP contribution in [0, 0.1) is 5.92 Å². The lowest BCUT2D eigenvalue weighted by Gasteiger charge is -2.14. The second kappa shape index (κ2) is 8.04. The Kier molecular flexibility index (Phi) is 7.95. The van der Waals surface area contributed by atoms with Crippen molar-refractivity contribution in [1.29, 1.82) is 0 Å². The minimum Gasteiger partial charge on any atom is -0.396 e. The fourth-order valence-electron chi connectivity index (χ4n) is 1.15. The number of hydrogen-bond donors (Lipinski definition) is 3. The molecular weight excluding hydrogens is 216 g/mol. The summed E-state index contributed by atoms with van der Waals surface area (Å²) in [7, 11) is -3.35. The molecule has 92 valence electrons. The average molecular weight is 238 g/mol. The van der Waals surface area contributed by atoms with E-state index in [0.717, 1.165) is 12.8 Å². The Labute approximate surface area is 92.4 Å². The first-order valence-corrected chi connectivity index (χ1v) is 6.89. The Morgan fingerprint density at radius 3 is 2.40 bits per heavy atom. The Morgan fingerprint density at radius 1 is 1.27 bits per heavy atom. The van der Waals surface area contributed by atoms with Crippen LogP contribution in [0.2, 0.25) is 0 Å². The molecule has 0 aromatic rings. The van der Waals surface area contributed by atoms with Gasteiger partial charge in [0.2, 0.25) is 0 Å². The molecule has 0 rings (SSSR count). The fraction of sp³-hybridized carbons (Fsp3) is 1.00. The molecule has 0 radical (unpaired) electrons. The first-order chi connectivity index (χ1) is 7.05. The molecule has 0 saturated heterocycles. The van der Waals surface area contributed by atoms with Gasteiger partial charge >= 0.3 is 0 Å². The van der Waals surface area contributed by atoms with Crippen molar-refractivity contribution in [2.75, 3.05) is 19.7 Å². The normalized spacial score (nSPS) is 14.1. The summed E-state index contributed by atoms with van der Waals surface area (Å²) in [4.78, 5) is 0. The molecule has 0 aromatic heterocycles. The van der Waals surface area contributed by atoms with Gasteiger partial charge in [-0.1, -0.05) is 20.3 Å². The summed E-state index contributed by atoms with van der Waals surface area (Å²) in [6.45, 7) is 4.82. The van der Waals surface area contributed by atoms with E-state index in [-0.39, 0.29) is 12.5 Å². The van der Waals surface area contributed by atoms with Gasteiger partial charge < -0.3 is 5.11 Å². The molecule has 0 aromatic carbocycles. The smallest absolute Gasteiger partial charge is 0.276 e. The molecule has 3 N–H and O–H groups in total. The Balaban J connectivity index is 3.90. The van der Waals surface area contributed by atoms with Crippen molar-refractivity contribution in [3.05, 3.63) is 0 Å². The minimum atomic E-state index is -3.35. The van der Waals surface area contributed by atoms with E-state index in [9.17, 15) is 8.42 Å². The van der Waals surface area contributed by atoms with Crippen molar-refractivity contribution < 1.29 is 13.5 Å². The highest BCUT2D eigenvalue weighted by Gasteiger charge is 2.11. The number of nitrogens with one attached hydrogen (secondary N) is 2. The first-order valence-electron chi connectivity index (χ1n) is 5.40. The highest BCUT2D eigenvalue weighted by molar-refractivity contribution is 7.87. The molecule has 0 amide bonds. The third kappa shape index (κ3) is 7.72. The Morgan fingerprint density at radius 2 is 1.93 bits per heavy atom. The fourth-order valence-corrected chi connectivity index (χ4v) is 2.18. The number of hydrogen-bond acceptors (Lipinski definition) is 3. The molecule has 0 aliphatic carbocycles. The quantitative estimate of drug-likeness (QED) is 0.538. The molecule has 0 aliphatic heterocycles. The zero-order valence-electron chi connectivity index (χ0n) is 9.49. The molecule has 0 bridgehead atoms. The van der Waals surface area contributed by atoms with Gasteiger partial charge in [0.15, 0.2) is 0 Å². The van der Waals surface area contributed by atoms with E-state index < -0.39 is 10.2 Å². The summed E-state index contributed by atoms with van der Waals surface area (Å²) in [5.74, 6) is 0.202. The van der Waals surface area contributed by atoms with Gasteiger partial charge in [-0.2, -0.15) is 8.42 Å². The second-order valence-electron chi connectivity index (χ2n) is 3.53. The van der Waals surface area contributed by atoms with E-state index >= 15 is 0 Å². The third-order valence-corrected chi connectivity index (χ3v) is 3.35. The average Bonchev–Trinajstić information content (AvgIpc) is 2.21. The monoisotopic (exact) mass is 238 g/mol. The molecule has 1 unspecified atom stereocenters. The number of aliphatic hydroxyl groups is 1. The van der Waals surface area contributed by atoms with Gasteiger partial charge in [0, 0.05) is 19.7 Å². The van der Waals surface area contributed by atoms with Gasteiger partial charge in [0.1, 0.15) is 0 Å². The number of rotatable bonds is 9. The van der Waals surface area contributed by atoms with E-state index in [1.165, 1.54) is 0 Å². The Bertz CT molecular complexity index is 242. The SMILES string of the molecule is CCCNS(=O)(=O)NCC(CC)CCO. The van der Waals surface area contributed by atoms with E-state index in [0.29, 0.717) is 19.5 Å². The second-order valence-corrected chi connectivity index (χ2v) is 5.12.